The summed E-state index contributed by atoms with van der Waals surface area (Å²) in [5, 5.41) is 2.95. The molecule has 0 saturated carbocycles. The van der Waals surface area contributed by atoms with Crippen molar-refractivity contribution in [1.82, 2.24) is 4.90 Å². The van der Waals surface area contributed by atoms with Crippen molar-refractivity contribution in [2.24, 2.45) is 0 Å². The zero-order chi connectivity index (χ0) is 21.5. The molecule has 1 aliphatic rings. The van der Waals surface area contributed by atoms with Crippen molar-refractivity contribution in [3.05, 3.63) is 90.5 Å². The highest BCUT2D eigenvalue weighted by molar-refractivity contribution is 5.96. The number of ether oxygens (including phenoxy) is 1. The molecule has 1 saturated heterocycles. The lowest BCUT2D eigenvalue weighted by atomic mass is 10.1. The maximum atomic E-state index is 12.7. The fraction of sp³-hybridized carbons (Fsp3) is 0.200. The minimum Gasteiger partial charge on any atom is -0.484 e. The summed E-state index contributed by atoms with van der Waals surface area (Å²) < 4.78 is 5.54. The molecule has 158 valence electrons. The van der Waals surface area contributed by atoms with E-state index in [0.29, 0.717) is 37.5 Å². The molecule has 1 N–H and O–H groups in total. The lowest BCUT2D eigenvalue weighted by molar-refractivity contribution is -0.118. The third-order valence-corrected chi connectivity index (χ3v) is 5.22. The van der Waals surface area contributed by atoms with Crippen LogP contribution in [0.5, 0.6) is 5.75 Å². The summed E-state index contributed by atoms with van der Waals surface area (Å²) in [4.78, 5) is 29.2. The van der Waals surface area contributed by atoms with Gasteiger partial charge in [-0.15, -0.1) is 0 Å². The number of carbonyl (C=O) groups is 2. The monoisotopic (exact) mass is 415 g/mol. The van der Waals surface area contributed by atoms with Gasteiger partial charge in [-0.3, -0.25) is 9.59 Å². The molecule has 31 heavy (non-hydrogen) atoms. The average molecular weight is 415 g/mol. The van der Waals surface area contributed by atoms with E-state index < -0.39 is 0 Å². The average Bonchev–Trinajstić information content (AvgIpc) is 2.84. The lowest BCUT2D eigenvalue weighted by Gasteiger charge is -2.37. The van der Waals surface area contributed by atoms with Gasteiger partial charge in [-0.2, -0.15) is 0 Å². The second kappa shape index (κ2) is 9.80. The summed E-state index contributed by atoms with van der Waals surface area (Å²) in [6.07, 6.45) is 0. The minimum atomic E-state index is -0.214. The Morgan fingerprint density at radius 1 is 0.774 bits per heavy atom. The topological polar surface area (TPSA) is 61.9 Å². The van der Waals surface area contributed by atoms with E-state index in [1.54, 1.807) is 0 Å². The van der Waals surface area contributed by atoms with Gasteiger partial charge in [-0.05, 0) is 36.4 Å². The van der Waals surface area contributed by atoms with Crippen molar-refractivity contribution in [1.29, 1.82) is 0 Å². The van der Waals surface area contributed by atoms with E-state index in [4.69, 9.17) is 4.74 Å². The summed E-state index contributed by atoms with van der Waals surface area (Å²) in [6.45, 7) is 2.61. The number of piperazine rings is 1. The predicted octanol–water partition coefficient (Wildman–Crippen LogP) is 3.67. The van der Waals surface area contributed by atoms with Crippen LogP contribution in [-0.4, -0.2) is 49.5 Å². The number of para-hydroxylation sites is 3. The Bertz CT molecular complexity index is 1020. The highest BCUT2D eigenvalue weighted by atomic mass is 16.5. The Kier molecular flexibility index (Phi) is 6.47. The van der Waals surface area contributed by atoms with E-state index in [9.17, 15) is 9.59 Å². The Morgan fingerprint density at radius 2 is 1.39 bits per heavy atom. The summed E-state index contributed by atoms with van der Waals surface area (Å²) in [6, 6.07) is 26.3. The molecule has 0 aromatic heterocycles. The first-order valence-corrected chi connectivity index (χ1v) is 10.4. The fourth-order valence-corrected chi connectivity index (χ4v) is 3.62. The quantitative estimate of drug-likeness (QED) is 0.667. The predicted molar refractivity (Wildman–Crippen MR) is 122 cm³/mol. The van der Waals surface area contributed by atoms with Gasteiger partial charge in [0.05, 0.1) is 11.4 Å². The number of anilines is 2. The van der Waals surface area contributed by atoms with Crippen LogP contribution in [0.3, 0.4) is 0 Å². The maximum absolute atomic E-state index is 12.7. The van der Waals surface area contributed by atoms with Crippen LogP contribution < -0.4 is 15.0 Å². The molecule has 4 rings (SSSR count). The molecule has 6 heteroatoms. The molecule has 0 unspecified atom stereocenters. The highest BCUT2D eigenvalue weighted by Gasteiger charge is 2.23. The summed E-state index contributed by atoms with van der Waals surface area (Å²) in [5.74, 6) is 0.499. The molecule has 0 spiro atoms. The van der Waals surface area contributed by atoms with Gasteiger partial charge >= 0.3 is 0 Å². The van der Waals surface area contributed by atoms with Gasteiger partial charge in [0.25, 0.3) is 11.8 Å². The summed E-state index contributed by atoms with van der Waals surface area (Å²) in [5.41, 5.74) is 2.40. The zero-order valence-electron chi connectivity index (χ0n) is 17.2. The van der Waals surface area contributed by atoms with Crippen LogP contribution in [0.15, 0.2) is 84.9 Å². The smallest absolute Gasteiger partial charge is 0.262 e. The molecule has 1 fully saturated rings. The van der Waals surface area contributed by atoms with Crippen LogP contribution in [0.2, 0.25) is 0 Å². The third-order valence-electron chi connectivity index (χ3n) is 5.22. The van der Waals surface area contributed by atoms with Crippen LogP contribution in [0.25, 0.3) is 0 Å². The number of nitrogens with zero attached hydrogens (tertiary/aromatic N) is 2. The molecule has 0 radical (unpaired) electrons. The molecule has 3 aromatic carbocycles. The van der Waals surface area contributed by atoms with Gasteiger partial charge in [0.15, 0.2) is 6.61 Å². The second-order valence-corrected chi connectivity index (χ2v) is 7.31. The molecule has 2 amide bonds. The molecular formula is C25H25N3O3. The normalized spacial score (nSPS) is 13.5. The Labute approximate surface area is 182 Å². The van der Waals surface area contributed by atoms with Gasteiger partial charge in [0.1, 0.15) is 5.75 Å². The fourth-order valence-electron chi connectivity index (χ4n) is 3.62. The van der Waals surface area contributed by atoms with Crippen molar-refractivity contribution < 1.29 is 14.3 Å². The van der Waals surface area contributed by atoms with E-state index in [1.807, 2.05) is 89.8 Å². The van der Waals surface area contributed by atoms with Crippen molar-refractivity contribution >= 4 is 23.2 Å². The Balaban J connectivity index is 1.35. The van der Waals surface area contributed by atoms with Crippen LogP contribution in [0.1, 0.15) is 10.4 Å². The SMILES string of the molecule is O=C(COc1ccccc1)Nc1ccccc1N1CCN(C(=O)c2ccccc2)CC1. The second-order valence-electron chi connectivity index (χ2n) is 7.31. The third kappa shape index (κ3) is 5.22. The van der Waals surface area contributed by atoms with Crippen LogP contribution in [-0.2, 0) is 4.79 Å². The molecule has 6 nitrogen and oxygen atoms in total. The van der Waals surface area contributed by atoms with Gasteiger partial charge in [0.2, 0.25) is 0 Å². The van der Waals surface area contributed by atoms with E-state index in [2.05, 4.69) is 10.2 Å². The summed E-state index contributed by atoms with van der Waals surface area (Å²) >= 11 is 0. The van der Waals surface area contributed by atoms with Gasteiger partial charge in [0, 0.05) is 31.7 Å². The number of amides is 2. The van der Waals surface area contributed by atoms with Gasteiger partial charge < -0.3 is 19.9 Å². The van der Waals surface area contributed by atoms with Crippen molar-refractivity contribution in [3.8, 4) is 5.75 Å². The van der Waals surface area contributed by atoms with Crippen molar-refractivity contribution in [2.45, 2.75) is 0 Å². The molecule has 1 heterocycles. The molecule has 3 aromatic rings. The molecule has 0 bridgehead atoms. The first kappa shape index (κ1) is 20.5. The lowest BCUT2D eigenvalue weighted by Crippen LogP contribution is -2.49. The van der Waals surface area contributed by atoms with E-state index in [0.717, 1.165) is 11.4 Å². The van der Waals surface area contributed by atoms with Crippen LogP contribution >= 0.6 is 0 Å². The van der Waals surface area contributed by atoms with Gasteiger partial charge in [-0.1, -0.05) is 48.5 Å². The standard InChI is InChI=1S/C25H25N3O3/c29-24(19-31-21-11-5-2-6-12-21)26-22-13-7-8-14-23(22)27-15-17-28(18-16-27)25(30)20-9-3-1-4-10-20/h1-14H,15-19H2,(H,26,29). The largest absolute Gasteiger partial charge is 0.484 e. The zero-order valence-corrected chi connectivity index (χ0v) is 17.2. The summed E-state index contributed by atoms with van der Waals surface area (Å²) in [7, 11) is 0. The van der Waals surface area contributed by atoms with E-state index >= 15 is 0 Å². The molecular weight excluding hydrogens is 390 g/mol. The molecule has 0 aliphatic carbocycles. The van der Waals surface area contributed by atoms with Crippen molar-refractivity contribution in [3.63, 3.8) is 0 Å². The maximum Gasteiger partial charge on any atom is 0.262 e. The Morgan fingerprint density at radius 3 is 2.10 bits per heavy atom. The van der Waals surface area contributed by atoms with Crippen LogP contribution in [0.4, 0.5) is 11.4 Å². The molecule has 1 aliphatic heterocycles. The number of benzene rings is 3. The van der Waals surface area contributed by atoms with E-state index in [1.165, 1.54) is 0 Å². The van der Waals surface area contributed by atoms with Crippen molar-refractivity contribution in [2.75, 3.05) is 43.0 Å². The molecule has 0 atom stereocenters. The number of rotatable bonds is 6. The van der Waals surface area contributed by atoms with E-state index in [-0.39, 0.29) is 18.4 Å². The number of carbonyl (C=O) groups excluding carboxylic acids is 2. The first-order valence-electron chi connectivity index (χ1n) is 10.4. The number of nitrogens with one attached hydrogen (secondary N) is 1. The first-order chi connectivity index (χ1) is 15.2. The number of hydrogen-bond donors (Lipinski definition) is 1. The van der Waals surface area contributed by atoms with Gasteiger partial charge in [-0.25, -0.2) is 0 Å². The minimum absolute atomic E-state index is 0.0555. The Hall–Kier alpha value is -3.80. The highest BCUT2D eigenvalue weighted by Crippen LogP contribution is 2.27. The number of hydrogen-bond acceptors (Lipinski definition) is 4. The van der Waals surface area contributed by atoms with Crippen LogP contribution in [0, 0.1) is 0 Å².